The van der Waals surface area contributed by atoms with Crippen molar-refractivity contribution in [1.29, 1.82) is 0 Å². The van der Waals surface area contributed by atoms with Crippen LogP contribution in [0.2, 0.25) is 5.02 Å². The second kappa shape index (κ2) is 6.18. The molecule has 0 aliphatic rings. The first-order chi connectivity index (χ1) is 7.56. The second-order valence-electron chi connectivity index (χ2n) is 4.17. The quantitative estimate of drug-likeness (QED) is 0.836. The average Bonchev–Trinajstić information content (AvgIpc) is 2.22. The first-order valence-electron chi connectivity index (χ1n) is 5.42. The molecule has 0 spiro atoms. The van der Waals surface area contributed by atoms with Crippen LogP contribution < -0.4 is 11.1 Å². The molecule has 1 aromatic carbocycles. The fourth-order valence-electron chi connectivity index (χ4n) is 1.53. The van der Waals surface area contributed by atoms with Crippen LogP contribution in [-0.4, -0.2) is 12.6 Å². The zero-order valence-electron chi connectivity index (χ0n) is 9.63. The maximum atomic E-state index is 13.5. The average molecular weight is 245 g/mol. The summed E-state index contributed by atoms with van der Waals surface area (Å²) in [7, 11) is 0. The van der Waals surface area contributed by atoms with Crippen molar-refractivity contribution in [3.05, 3.63) is 34.6 Å². The van der Waals surface area contributed by atoms with Gasteiger partial charge >= 0.3 is 0 Å². The minimum absolute atomic E-state index is 0.177. The van der Waals surface area contributed by atoms with E-state index in [1.165, 1.54) is 6.07 Å². The highest BCUT2D eigenvalue weighted by Gasteiger charge is 2.13. The molecule has 4 heteroatoms. The highest BCUT2D eigenvalue weighted by atomic mass is 35.5. The van der Waals surface area contributed by atoms with Crippen LogP contribution in [0.4, 0.5) is 4.39 Å². The molecule has 3 N–H and O–H groups in total. The Hall–Kier alpha value is -0.640. The summed E-state index contributed by atoms with van der Waals surface area (Å²) < 4.78 is 13.5. The molecule has 0 aromatic heterocycles. The molecule has 90 valence electrons. The lowest BCUT2D eigenvalue weighted by atomic mass is 10.0. The van der Waals surface area contributed by atoms with Gasteiger partial charge in [0.1, 0.15) is 5.82 Å². The number of rotatable bonds is 5. The van der Waals surface area contributed by atoms with Gasteiger partial charge in [0.15, 0.2) is 0 Å². The third-order valence-corrected chi connectivity index (χ3v) is 3.02. The van der Waals surface area contributed by atoms with Gasteiger partial charge in [-0.05, 0) is 18.1 Å². The van der Waals surface area contributed by atoms with E-state index in [9.17, 15) is 4.39 Å². The first kappa shape index (κ1) is 13.4. The van der Waals surface area contributed by atoms with E-state index in [-0.39, 0.29) is 11.9 Å². The van der Waals surface area contributed by atoms with Gasteiger partial charge in [0, 0.05) is 29.7 Å². The molecular weight excluding hydrogens is 227 g/mol. The van der Waals surface area contributed by atoms with E-state index in [1.807, 2.05) is 0 Å². The van der Waals surface area contributed by atoms with Crippen molar-refractivity contribution in [1.82, 2.24) is 5.32 Å². The summed E-state index contributed by atoms with van der Waals surface area (Å²) in [5.74, 6) is 0.134. The van der Waals surface area contributed by atoms with Crippen molar-refractivity contribution in [2.24, 2.45) is 11.7 Å². The number of hydrogen-bond donors (Lipinski definition) is 2. The minimum atomic E-state index is -0.278. The Bertz CT molecular complexity index is 322. The van der Waals surface area contributed by atoms with E-state index in [0.717, 1.165) is 0 Å². The predicted molar refractivity (Wildman–Crippen MR) is 65.9 cm³/mol. The van der Waals surface area contributed by atoms with Crippen LogP contribution in [-0.2, 0) is 6.54 Å². The lowest BCUT2D eigenvalue weighted by molar-refractivity contribution is 0.401. The van der Waals surface area contributed by atoms with E-state index in [1.54, 1.807) is 12.1 Å². The van der Waals surface area contributed by atoms with Crippen molar-refractivity contribution >= 4 is 11.6 Å². The third-order valence-electron chi connectivity index (χ3n) is 2.66. The van der Waals surface area contributed by atoms with Crippen LogP contribution >= 0.6 is 11.6 Å². The van der Waals surface area contributed by atoms with Crippen LogP contribution in [0.5, 0.6) is 0 Å². The molecule has 1 unspecified atom stereocenters. The van der Waals surface area contributed by atoms with Crippen molar-refractivity contribution in [2.75, 3.05) is 6.54 Å². The molecule has 0 bridgehead atoms. The van der Waals surface area contributed by atoms with Crippen molar-refractivity contribution < 1.29 is 4.39 Å². The Morgan fingerprint density at radius 3 is 2.62 bits per heavy atom. The Morgan fingerprint density at radius 1 is 1.44 bits per heavy atom. The molecule has 1 aromatic rings. The maximum Gasteiger partial charge on any atom is 0.129 e. The zero-order valence-corrected chi connectivity index (χ0v) is 10.4. The summed E-state index contributed by atoms with van der Waals surface area (Å²) in [5, 5.41) is 3.67. The number of hydrogen-bond acceptors (Lipinski definition) is 2. The zero-order chi connectivity index (χ0) is 12.1. The summed E-state index contributed by atoms with van der Waals surface area (Å²) in [6.45, 7) is 5.09. The maximum absolute atomic E-state index is 13.5. The summed E-state index contributed by atoms with van der Waals surface area (Å²) in [6, 6.07) is 4.88. The molecule has 0 radical (unpaired) electrons. The Morgan fingerprint density at radius 2 is 2.12 bits per heavy atom. The fourth-order valence-corrected chi connectivity index (χ4v) is 1.76. The summed E-state index contributed by atoms with van der Waals surface area (Å²) in [5.41, 5.74) is 6.13. The van der Waals surface area contributed by atoms with Gasteiger partial charge in [-0.2, -0.15) is 0 Å². The van der Waals surface area contributed by atoms with Gasteiger partial charge in [-0.3, -0.25) is 0 Å². The van der Waals surface area contributed by atoms with Crippen LogP contribution in [0.3, 0.4) is 0 Å². The lowest BCUT2D eigenvalue weighted by Gasteiger charge is -2.21. The van der Waals surface area contributed by atoms with Crippen molar-refractivity contribution in [3.8, 4) is 0 Å². The molecule has 16 heavy (non-hydrogen) atoms. The Labute approximate surface area is 101 Å². The second-order valence-corrected chi connectivity index (χ2v) is 4.57. The summed E-state index contributed by atoms with van der Waals surface area (Å²) in [6.07, 6.45) is 0. The Balaban J connectivity index is 2.67. The van der Waals surface area contributed by atoms with Crippen molar-refractivity contribution in [3.63, 3.8) is 0 Å². The van der Waals surface area contributed by atoms with Gasteiger partial charge in [-0.25, -0.2) is 4.39 Å². The minimum Gasteiger partial charge on any atom is -0.329 e. The fraction of sp³-hybridized carbons (Fsp3) is 0.500. The Kier molecular flexibility index (Phi) is 5.19. The standard InChI is InChI=1S/C12H18ClFN2/c1-8(2)12(6-15)16-7-9-10(13)4-3-5-11(9)14/h3-5,8,12,16H,6-7,15H2,1-2H3. The van der Waals surface area contributed by atoms with Crippen LogP contribution in [0.1, 0.15) is 19.4 Å². The van der Waals surface area contributed by atoms with Crippen LogP contribution in [0.25, 0.3) is 0 Å². The number of benzene rings is 1. The molecular formula is C12H18ClFN2. The summed E-state index contributed by atoms with van der Waals surface area (Å²) >= 11 is 5.92. The van der Waals surface area contributed by atoms with Crippen molar-refractivity contribution in [2.45, 2.75) is 26.4 Å². The van der Waals surface area contributed by atoms with E-state index in [2.05, 4.69) is 19.2 Å². The molecule has 0 aliphatic heterocycles. The molecule has 0 saturated heterocycles. The van der Waals surface area contributed by atoms with E-state index in [4.69, 9.17) is 17.3 Å². The molecule has 1 atom stereocenters. The third kappa shape index (κ3) is 3.44. The number of nitrogens with two attached hydrogens (primary N) is 1. The van der Waals surface area contributed by atoms with Gasteiger partial charge < -0.3 is 11.1 Å². The molecule has 0 heterocycles. The van der Waals surface area contributed by atoms with Gasteiger partial charge in [-0.1, -0.05) is 31.5 Å². The topological polar surface area (TPSA) is 38.0 Å². The molecule has 0 saturated carbocycles. The van der Waals surface area contributed by atoms with E-state index < -0.39 is 0 Å². The van der Waals surface area contributed by atoms with Gasteiger partial charge in [-0.15, -0.1) is 0 Å². The van der Waals surface area contributed by atoms with E-state index >= 15 is 0 Å². The number of halogens is 2. The first-order valence-corrected chi connectivity index (χ1v) is 5.80. The lowest BCUT2D eigenvalue weighted by Crippen LogP contribution is -2.39. The SMILES string of the molecule is CC(C)C(CN)NCc1c(F)cccc1Cl. The monoisotopic (exact) mass is 244 g/mol. The molecule has 0 fully saturated rings. The number of nitrogens with one attached hydrogen (secondary N) is 1. The normalized spacial score (nSPS) is 13.1. The molecule has 0 amide bonds. The van der Waals surface area contributed by atoms with Gasteiger partial charge in [0.05, 0.1) is 0 Å². The van der Waals surface area contributed by atoms with Gasteiger partial charge in [0.2, 0.25) is 0 Å². The van der Waals surface area contributed by atoms with E-state index in [0.29, 0.717) is 29.6 Å². The van der Waals surface area contributed by atoms with Crippen LogP contribution in [0.15, 0.2) is 18.2 Å². The highest BCUT2D eigenvalue weighted by Crippen LogP contribution is 2.18. The summed E-state index contributed by atoms with van der Waals surface area (Å²) in [4.78, 5) is 0. The smallest absolute Gasteiger partial charge is 0.129 e. The molecule has 2 nitrogen and oxygen atoms in total. The highest BCUT2D eigenvalue weighted by molar-refractivity contribution is 6.31. The molecule has 0 aliphatic carbocycles. The predicted octanol–water partition coefficient (Wildman–Crippen LogP) is 2.55. The largest absolute Gasteiger partial charge is 0.329 e. The van der Waals surface area contributed by atoms with Gasteiger partial charge in [0.25, 0.3) is 0 Å². The van der Waals surface area contributed by atoms with Crippen LogP contribution in [0, 0.1) is 11.7 Å². The molecule has 1 rings (SSSR count).